The van der Waals surface area contributed by atoms with Crippen molar-refractivity contribution in [2.75, 3.05) is 20.4 Å². The molecule has 8 heterocycles. The van der Waals surface area contributed by atoms with Crippen LogP contribution in [0.3, 0.4) is 0 Å². The van der Waals surface area contributed by atoms with Crippen LogP contribution >= 0.6 is 99.4 Å². The number of carbonyl (C=O) groups is 2. The molecule has 0 N–H and O–H groups in total. The van der Waals surface area contributed by atoms with Crippen LogP contribution in [-0.2, 0) is 20.4 Å². The molecule has 16 rings (SSSR count). The Morgan fingerprint density at radius 1 is 0.451 bits per heavy atom. The zero-order valence-corrected chi connectivity index (χ0v) is 61.1. The fourth-order valence-corrected chi connectivity index (χ4v) is 20.0. The predicted octanol–water partition coefficient (Wildman–Crippen LogP) is 21.7. The maximum Gasteiger partial charge on any atom is 1.00 e. The molecule has 0 aliphatic rings. The van der Waals surface area contributed by atoms with Crippen molar-refractivity contribution in [2.24, 2.45) is 0 Å². The van der Waals surface area contributed by atoms with Crippen molar-refractivity contribution in [3.05, 3.63) is 212 Å². The molecule has 17 heteroatoms. The fourth-order valence-electron chi connectivity index (χ4n) is 10.2. The van der Waals surface area contributed by atoms with Gasteiger partial charge < -0.3 is 9.84 Å². The average molecular weight is 1390 g/mol. The van der Waals surface area contributed by atoms with E-state index in [0.29, 0.717) is 6.61 Å². The molecule has 91 heavy (non-hydrogen) atoms. The molecule has 0 saturated carbocycles. The van der Waals surface area contributed by atoms with Gasteiger partial charge in [-0.1, -0.05) is 142 Å². The first kappa shape index (κ1) is 67.0. The zero-order valence-electron chi connectivity index (χ0n) is 51.6. The minimum Gasteiger partial charge on any atom is -0.850 e. The van der Waals surface area contributed by atoms with Crippen molar-refractivity contribution >= 4 is 247 Å². The second-order valence-corrected chi connectivity index (χ2v) is 30.6. The van der Waals surface area contributed by atoms with Crippen LogP contribution in [0.5, 0.6) is 0 Å². The van der Waals surface area contributed by atoms with E-state index in [-0.39, 0.29) is 60.1 Å². The number of halogens is 1. The van der Waals surface area contributed by atoms with Gasteiger partial charge in [0.2, 0.25) is 0 Å². The van der Waals surface area contributed by atoms with Crippen LogP contribution in [-0.4, -0.2) is 38.5 Å². The van der Waals surface area contributed by atoms with Gasteiger partial charge in [-0.2, -0.15) is 0 Å². The molecule has 0 atom stereocenters. The van der Waals surface area contributed by atoms with Crippen molar-refractivity contribution in [1.82, 2.24) is 0 Å². The number of ether oxygens (including phenoxy) is 1. The number of aldehydes is 2. The third-order valence-electron chi connectivity index (χ3n) is 14.1. The largest absolute Gasteiger partial charge is 1.00 e. The van der Waals surface area contributed by atoms with Gasteiger partial charge in [0.05, 0.1) is 43.7 Å². The van der Waals surface area contributed by atoms with Crippen molar-refractivity contribution in [2.45, 2.75) is 46.8 Å². The summed E-state index contributed by atoms with van der Waals surface area (Å²) >= 11 is 14.2. The maximum absolute atomic E-state index is 11.0. The zero-order chi connectivity index (χ0) is 63.6. The quantitative estimate of drug-likeness (QED) is 0.0728. The van der Waals surface area contributed by atoms with Crippen LogP contribution in [0, 0.1) is 0 Å². The van der Waals surface area contributed by atoms with Gasteiger partial charge in [-0.05, 0) is 142 Å². The number of fused-ring (bicyclic) bond motifs is 15. The number of alkyl halides is 1. The first-order valence-corrected chi connectivity index (χ1v) is 35.9. The molecule has 16 aromatic rings. The Bertz CT molecular complexity index is 5020. The smallest absolute Gasteiger partial charge is 0.850 e. The van der Waals surface area contributed by atoms with Gasteiger partial charge in [0.1, 0.15) is 0 Å². The van der Waals surface area contributed by atoms with E-state index in [1.165, 1.54) is 131 Å². The van der Waals surface area contributed by atoms with Crippen LogP contribution < -0.4 is 56.5 Å². The second kappa shape index (κ2) is 31.7. The maximum atomic E-state index is 11.0. The first-order valence-electron chi connectivity index (χ1n) is 29.4. The molecule has 0 fully saturated rings. The Balaban J connectivity index is 0.000000154. The summed E-state index contributed by atoms with van der Waals surface area (Å²) in [7, 11) is -1.27. The number of benzene rings is 8. The summed E-state index contributed by atoms with van der Waals surface area (Å²) in [6, 6.07) is 62.6. The van der Waals surface area contributed by atoms with Gasteiger partial charge in [-0.25, -0.2) is 4.57 Å². The molecule has 8 aromatic heterocycles. The topological polar surface area (TPSA) is 92.7 Å². The molecular formula is C74H59FKO6PS8. The Morgan fingerprint density at radius 3 is 1.10 bits per heavy atom. The third kappa shape index (κ3) is 16.6. The molecular weight excluding hydrogens is 1330 g/mol. The van der Waals surface area contributed by atoms with Crippen LogP contribution in [0.2, 0.25) is 0 Å². The van der Waals surface area contributed by atoms with Crippen LogP contribution in [0.25, 0.3) is 135 Å². The summed E-state index contributed by atoms with van der Waals surface area (Å²) in [5.74, 6) is 0. The Labute approximate surface area is 604 Å². The minimum absolute atomic E-state index is 0. The molecule has 6 nitrogen and oxygen atoms in total. The van der Waals surface area contributed by atoms with E-state index in [1.807, 2.05) is 108 Å². The van der Waals surface area contributed by atoms with Gasteiger partial charge in [0.25, 0.3) is 0 Å². The third-order valence-corrected chi connectivity index (χ3v) is 23.7. The Hall–Kier alpha value is -5.41. The molecule has 0 radical (unpaired) electrons. The summed E-state index contributed by atoms with van der Waals surface area (Å²) in [5, 5.41) is 22.9. The summed E-state index contributed by atoms with van der Waals surface area (Å²) in [6.07, 6.45) is 10.8. The van der Waals surface area contributed by atoms with Crippen molar-refractivity contribution in [1.29, 1.82) is 0 Å². The molecule has 0 aliphatic carbocycles. The summed E-state index contributed by atoms with van der Waals surface area (Å²) in [5.41, 5.74) is 2.76. The van der Waals surface area contributed by atoms with Gasteiger partial charge in [-0.15, -0.1) is 96.3 Å². The second-order valence-electron chi connectivity index (χ2n) is 21.5. The SMILES string of the molecule is C(=C\c1cc2sc3cc4c(cc3c2s1)sc1cc(/C=C/c2ccc3ccccc3c2)sc14)/c1ccc2ccccc2c1.CC(C)(C)[O-].CCOCC.O=Cc1cc2sc3cc4c(cc3c2s1)sc1cc(C=O)sc14.O=POCc1ccc2ccccc2c1.[2H]CF.[K+]. The number of hydrogen-bond acceptors (Lipinski definition) is 14. The molecule has 0 bridgehead atoms. The van der Waals surface area contributed by atoms with Gasteiger partial charge in [-0.3, -0.25) is 18.5 Å². The van der Waals surface area contributed by atoms with Gasteiger partial charge in [0, 0.05) is 82.1 Å². The standard InChI is InChI=1S/C38H22S4.C16H6O2S4.C11H9O2P.C4H9O.C4H10O.CH3F.K/c1-3-7-27-17-23(9-13-25(27)5-1)11-15-29-19-35-37(39-29)31-21-34-32(22-33(31)41-35)38-36(42-34)20-30(40-38)16-12-24-10-14-26-6-2-4-8-28(26)18-24;17-5-7-1-13-15(19-7)9-3-12-10(4-11(9)21-13)16-14(22-12)2-8(6-18)20-16;12-14-13-8-9-5-6-10-3-1-2-4-11(10)7-9;1-4(2,3)5;1-3-5-4-2;1-2;/h1-22H;1-6H;1-7H,8H2;1-3H3;3-4H2,1-2H3;1H3;/q;;;-1;;;+1/b15-11+,16-12+;;;;;;/i;;;;;1D;. The Morgan fingerprint density at radius 2 is 0.769 bits per heavy atom. The number of hydrogen-bond donors (Lipinski definition) is 0. The van der Waals surface area contributed by atoms with E-state index in [9.17, 15) is 23.7 Å². The van der Waals surface area contributed by atoms with E-state index in [2.05, 4.69) is 152 Å². The number of carbonyl (C=O) groups excluding carboxylic acids is 2. The molecule has 452 valence electrons. The number of rotatable bonds is 11. The normalized spacial score (nSPS) is 11.7. The monoisotopic (exact) mass is 1390 g/mol. The molecule has 0 spiro atoms. The predicted molar refractivity (Wildman–Crippen MR) is 398 cm³/mol. The molecule has 0 unspecified atom stereocenters. The van der Waals surface area contributed by atoms with E-state index < -0.39 is 12.8 Å². The minimum atomic E-state index is -1.00. The van der Waals surface area contributed by atoms with Crippen molar-refractivity contribution in [3.8, 4) is 0 Å². The van der Waals surface area contributed by atoms with Crippen molar-refractivity contribution < 1.29 is 85.7 Å². The van der Waals surface area contributed by atoms with Crippen LogP contribution in [0.1, 0.15) is 81.8 Å². The first-order chi connectivity index (χ1) is 44.2. The molecule has 0 amide bonds. The van der Waals surface area contributed by atoms with E-state index >= 15 is 0 Å². The average Bonchev–Trinajstić information content (AvgIpc) is 1.59. The molecule has 0 saturated heterocycles. The van der Waals surface area contributed by atoms with E-state index in [0.717, 1.165) is 41.1 Å². The Kier molecular flexibility index (Phi) is 23.3. The fraction of sp³-hybridized carbons (Fsp3) is 0.135. The molecule has 0 aliphatic heterocycles. The van der Waals surface area contributed by atoms with Crippen LogP contribution in [0.4, 0.5) is 4.39 Å². The summed E-state index contributed by atoms with van der Waals surface area (Å²) < 4.78 is 50.8. The van der Waals surface area contributed by atoms with Gasteiger partial charge >= 0.3 is 60.1 Å². The summed E-state index contributed by atoms with van der Waals surface area (Å²) in [4.78, 5) is 26.1. The molecule has 8 aromatic carbocycles. The summed E-state index contributed by atoms with van der Waals surface area (Å²) in [6.45, 7) is 10.9. The van der Waals surface area contributed by atoms with E-state index in [1.54, 1.807) is 66.1 Å². The van der Waals surface area contributed by atoms with Gasteiger partial charge in [0.15, 0.2) is 12.6 Å². The van der Waals surface area contributed by atoms with E-state index in [4.69, 9.17) is 10.6 Å². The number of thiophene rings is 8. The van der Waals surface area contributed by atoms with Crippen molar-refractivity contribution in [3.63, 3.8) is 0 Å². The van der Waals surface area contributed by atoms with Crippen LogP contribution in [0.15, 0.2) is 176 Å².